The van der Waals surface area contributed by atoms with Crippen LogP contribution in [0.4, 0.5) is 0 Å². The molecule has 2 saturated heterocycles. The van der Waals surface area contributed by atoms with Crippen LogP contribution in [0.25, 0.3) is 0 Å². The second kappa shape index (κ2) is 4.80. The van der Waals surface area contributed by atoms with Gasteiger partial charge in [0.15, 0.2) is 0 Å². The van der Waals surface area contributed by atoms with E-state index < -0.39 is 18.1 Å². The van der Waals surface area contributed by atoms with E-state index in [1.54, 1.807) is 0 Å². The number of nitrogens with one attached hydrogen (secondary N) is 1. The molecule has 16 heavy (non-hydrogen) atoms. The monoisotopic (exact) mass is 228 g/mol. The molecule has 0 radical (unpaired) electrons. The van der Waals surface area contributed by atoms with Crippen LogP contribution >= 0.6 is 0 Å². The lowest BCUT2D eigenvalue weighted by Gasteiger charge is -2.34. The number of rotatable bonds is 2. The second-order valence-corrected chi connectivity index (χ2v) is 4.09. The lowest BCUT2D eigenvalue weighted by Crippen LogP contribution is -2.59. The van der Waals surface area contributed by atoms with E-state index >= 15 is 0 Å². The van der Waals surface area contributed by atoms with Crippen LogP contribution in [-0.2, 0) is 14.3 Å². The third-order valence-corrected chi connectivity index (χ3v) is 3.02. The molecule has 2 aliphatic rings. The molecular formula is C10H16N2O4. The molecular weight excluding hydrogens is 212 g/mol. The van der Waals surface area contributed by atoms with Gasteiger partial charge in [0.05, 0.1) is 0 Å². The molecule has 0 saturated carbocycles. The zero-order valence-corrected chi connectivity index (χ0v) is 9.02. The number of carboxylic acids is 1. The van der Waals surface area contributed by atoms with Gasteiger partial charge in [-0.3, -0.25) is 4.79 Å². The van der Waals surface area contributed by atoms with Gasteiger partial charge in [-0.25, -0.2) is 4.79 Å². The van der Waals surface area contributed by atoms with Crippen LogP contribution in [0.2, 0.25) is 0 Å². The van der Waals surface area contributed by atoms with Crippen molar-refractivity contribution in [3.8, 4) is 0 Å². The summed E-state index contributed by atoms with van der Waals surface area (Å²) in [6.07, 6.45) is 1.15. The summed E-state index contributed by atoms with van der Waals surface area (Å²) in [5.74, 6) is -1.13. The SMILES string of the molecule is O=C(O)C1CNCCN1C(=O)[C@@H]1CCCO1. The highest BCUT2D eigenvalue weighted by atomic mass is 16.5. The molecule has 0 aromatic heterocycles. The number of carbonyl (C=O) groups is 2. The van der Waals surface area contributed by atoms with Crippen LogP contribution in [0.5, 0.6) is 0 Å². The molecule has 1 unspecified atom stereocenters. The third-order valence-electron chi connectivity index (χ3n) is 3.02. The summed E-state index contributed by atoms with van der Waals surface area (Å²) in [5, 5.41) is 12.0. The number of nitrogens with zero attached hydrogens (tertiary/aromatic N) is 1. The van der Waals surface area contributed by atoms with Gasteiger partial charge in [-0.1, -0.05) is 0 Å². The average Bonchev–Trinajstić information content (AvgIpc) is 2.81. The smallest absolute Gasteiger partial charge is 0.327 e. The highest BCUT2D eigenvalue weighted by molar-refractivity contribution is 5.87. The maximum Gasteiger partial charge on any atom is 0.327 e. The van der Waals surface area contributed by atoms with Crippen LogP contribution in [0.15, 0.2) is 0 Å². The summed E-state index contributed by atoms with van der Waals surface area (Å²) in [6.45, 7) is 1.99. The summed E-state index contributed by atoms with van der Waals surface area (Å²) >= 11 is 0. The van der Waals surface area contributed by atoms with Gasteiger partial charge in [0, 0.05) is 26.2 Å². The zero-order valence-electron chi connectivity index (χ0n) is 9.02. The van der Waals surface area contributed by atoms with Gasteiger partial charge in [0.2, 0.25) is 0 Å². The molecule has 0 spiro atoms. The topological polar surface area (TPSA) is 78.9 Å². The number of hydrogen-bond donors (Lipinski definition) is 2. The standard InChI is InChI=1S/C10H16N2O4/c13-9(8-2-1-5-16-8)12-4-3-11-6-7(12)10(14)15/h7-8,11H,1-6H2,(H,14,15)/t7?,8-/m0/s1. The Balaban J connectivity index is 2.04. The largest absolute Gasteiger partial charge is 0.480 e. The van der Waals surface area contributed by atoms with Gasteiger partial charge >= 0.3 is 5.97 Å². The van der Waals surface area contributed by atoms with E-state index in [2.05, 4.69) is 5.32 Å². The molecule has 2 aliphatic heterocycles. The molecule has 2 N–H and O–H groups in total. The summed E-state index contributed by atoms with van der Waals surface area (Å²) < 4.78 is 5.29. The first-order valence-corrected chi connectivity index (χ1v) is 5.56. The Labute approximate surface area is 93.6 Å². The van der Waals surface area contributed by atoms with Crippen molar-refractivity contribution >= 4 is 11.9 Å². The molecule has 2 rings (SSSR count). The molecule has 2 atom stereocenters. The number of hydrogen-bond acceptors (Lipinski definition) is 4. The lowest BCUT2D eigenvalue weighted by atomic mass is 10.1. The molecule has 90 valence electrons. The van der Waals surface area contributed by atoms with Crippen molar-refractivity contribution in [3.63, 3.8) is 0 Å². The van der Waals surface area contributed by atoms with Gasteiger partial charge in [-0.05, 0) is 12.8 Å². The number of carboxylic acid groups (broad SMARTS) is 1. The average molecular weight is 228 g/mol. The fourth-order valence-corrected chi connectivity index (χ4v) is 2.15. The number of piperazine rings is 1. The van der Waals surface area contributed by atoms with E-state index in [-0.39, 0.29) is 5.91 Å². The minimum absolute atomic E-state index is 0.175. The van der Waals surface area contributed by atoms with E-state index in [9.17, 15) is 9.59 Å². The Kier molecular flexibility index (Phi) is 3.40. The summed E-state index contributed by atoms with van der Waals surface area (Å²) in [4.78, 5) is 24.5. The summed E-state index contributed by atoms with van der Waals surface area (Å²) in [7, 11) is 0. The molecule has 0 aromatic carbocycles. The minimum atomic E-state index is -0.960. The molecule has 1 amide bonds. The maximum absolute atomic E-state index is 12.0. The van der Waals surface area contributed by atoms with Crippen molar-refractivity contribution in [3.05, 3.63) is 0 Å². The van der Waals surface area contributed by atoms with Gasteiger partial charge in [0.25, 0.3) is 5.91 Å². The van der Waals surface area contributed by atoms with Crippen LogP contribution < -0.4 is 5.32 Å². The fraction of sp³-hybridized carbons (Fsp3) is 0.800. The van der Waals surface area contributed by atoms with Crippen LogP contribution in [0.3, 0.4) is 0 Å². The van der Waals surface area contributed by atoms with E-state index in [4.69, 9.17) is 9.84 Å². The highest BCUT2D eigenvalue weighted by Gasteiger charge is 2.36. The molecule has 0 aromatic rings. The number of amides is 1. The second-order valence-electron chi connectivity index (χ2n) is 4.09. The molecule has 6 heteroatoms. The van der Waals surface area contributed by atoms with Crippen molar-refractivity contribution in [2.45, 2.75) is 25.0 Å². The normalized spacial score (nSPS) is 30.4. The first-order chi connectivity index (χ1) is 7.70. The highest BCUT2D eigenvalue weighted by Crippen LogP contribution is 2.17. The fourth-order valence-electron chi connectivity index (χ4n) is 2.15. The van der Waals surface area contributed by atoms with Gasteiger partial charge in [0.1, 0.15) is 12.1 Å². The maximum atomic E-state index is 12.0. The molecule has 2 heterocycles. The Morgan fingerprint density at radius 3 is 2.88 bits per heavy atom. The first-order valence-electron chi connectivity index (χ1n) is 5.56. The number of aliphatic carboxylic acids is 1. The van der Waals surface area contributed by atoms with Gasteiger partial charge < -0.3 is 20.1 Å². The van der Waals surface area contributed by atoms with Crippen molar-refractivity contribution in [2.75, 3.05) is 26.2 Å². The lowest BCUT2D eigenvalue weighted by molar-refractivity contribution is -0.155. The predicted molar refractivity (Wildman–Crippen MR) is 55.0 cm³/mol. The Hall–Kier alpha value is -1.14. The Bertz CT molecular complexity index is 289. The predicted octanol–water partition coefficient (Wildman–Crippen LogP) is -0.950. The van der Waals surface area contributed by atoms with Crippen LogP contribution in [0.1, 0.15) is 12.8 Å². The molecule has 6 nitrogen and oxygen atoms in total. The number of carbonyl (C=O) groups excluding carboxylic acids is 1. The quantitative estimate of drug-likeness (QED) is 0.637. The Morgan fingerprint density at radius 1 is 1.44 bits per heavy atom. The third kappa shape index (κ3) is 2.17. The first kappa shape index (κ1) is 11.3. The van der Waals surface area contributed by atoms with Gasteiger partial charge in [-0.15, -0.1) is 0 Å². The van der Waals surface area contributed by atoms with Crippen LogP contribution in [0, 0.1) is 0 Å². The summed E-state index contributed by atoms with van der Waals surface area (Å²) in [5.41, 5.74) is 0. The van der Waals surface area contributed by atoms with Crippen molar-refractivity contribution in [1.82, 2.24) is 10.2 Å². The van der Waals surface area contributed by atoms with E-state index in [1.807, 2.05) is 0 Å². The molecule has 0 bridgehead atoms. The minimum Gasteiger partial charge on any atom is -0.480 e. The van der Waals surface area contributed by atoms with Crippen molar-refractivity contribution < 1.29 is 19.4 Å². The molecule has 0 aliphatic carbocycles. The summed E-state index contributed by atoms with van der Waals surface area (Å²) in [6, 6.07) is -0.759. The molecule has 2 fully saturated rings. The van der Waals surface area contributed by atoms with Crippen LogP contribution in [-0.4, -0.2) is 60.3 Å². The number of ether oxygens (including phenoxy) is 1. The van der Waals surface area contributed by atoms with E-state index in [0.717, 1.165) is 6.42 Å². The van der Waals surface area contributed by atoms with Crippen molar-refractivity contribution in [2.24, 2.45) is 0 Å². The van der Waals surface area contributed by atoms with Gasteiger partial charge in [-0.2, -0.15) is 0 Å². The Morgan fingerprint density at radius 2 is 2.25 bits per heavy atom. The van der Waals surface area contributed by atoms with Crippen molar-refractivity contribution in [1.29, 1.82) is 0 Å². The van der Waals surface area contributed by atoms with E-state index in [1.165, 1.54) is 4.90 Å². The van der Waals surface area contributed by atoms with E-state index in [0.29, 0.717) is 32.7 Å². The zero-order chi connectivity index (χ0) is 11.5.